The van der Waals surface area contributed by atoms with Gasteiger partial charge in [-0.25, -0.2) is 9.59 Å². The summed E-state index contributed by atoms with van der Waals surface area (Å²) >= 11 is 0. The number of urea groups is 1. The van der Waals surface area contributed by atoms with Crippen molar-refractivity contribution in [2.45, 2.75) is 6.92 Å². The number of amides is 2. The first-order chi connectivity index (χ1) is 10.6. The fraction of sp³-hybridized carbons (Fsp3) is 0.714. The van der Waals surface area contributed by atoms with E-state index in [0.717, 1.165) is 0 Å². The Labute approximate surface area is 130 Å². The predicted molar refractivity (Wildman–Crippen MR) is 80.4 cm³/mol. The monoisotopic (exact) mass is 315 g/mol. The molecule has 0 unspecified atom stereocenters. The summed E-state index contributed by atoms with van der Waals surface area (Å²) in [6, 6.07) is -0.318. The number of rotatable bonds is 10. The molecular formula is C14H25N3O5. The Morgan fingerprint density at radius 2 is 1.86 bits per heavy atom. The zero-order valence-corrected chi connectivity index (χ0v) is 13.4. The van der Waals surface area contributed by atoms with E-state index in [-0.39, 0.29) is 12.6 Å². The van der Waals surface area contributed by atoms with Gasteiger partial charge in [-0.3, -0.25) is 4.90 Å². The molecule has 2 N–H and O–H groups in total. The number of hydrogen-bond donors (Lipinski definition) is 2. The number of carbonyl (C=O) groups is 2. The molecule has 8 heteroatoms. The van der Waals surface area contributed by atoms with E-state index in [4.69, 9.17) is 14.2 Å². The van der Waals surface area contributed by atoms with Crippen LogP contribution in [-0.4, -0.2) is 77.1 Å². The highest BCUT2D eigenvalue weighted by Crippen LogP contribution is 2.10. The summed E-state index contributed by atoms with van der Waals surface area (Å²) in [7, 11) is 3.26. The van der Waals surface area contributed by atoms with E-state index < -0.39 is 5.97 Å². The number of methoxy groups -OCH3 is 2. The molecule has 0 saturated carbocycles. The van der Waals surface area contributed by atoms with Crippen molar-refractivity contribution in [1.82, 2.24) is 15.5 Å². The lowest BCUT2D eigenvalue weighted by Crippen LogP contribution is -2.47. The fourth-order valence-corrected chi connectivity index (χ4v) is 2.01. The Morgan fingerprint density at radius 3 is 2.41 bits per heavy atom. The molecule has 126 valence electrons. The molecule has 1 rings (SSSR count). The highest BCUT2D eigenvalue weighted by molar-refractivity contribution is 5.93. The van der Waals surface area contributed by atoms with Crippen molar-refractivity contribution in [3.05, 3.63) is 11.3 Å². The van der Waals surface area contributed by atoms with E-state index >= 15 is 0 Å². The number of nitrogens with one attached hydrogen (secondary N) is 2. The van der Waals surface area contributed by atoms with Gasteiger partial charge in [0.2, 0.25) is 0 Å². The number of nitrogens with zero attached hydrogens (tertiary/aromatic N) is 1. The molecule has 1 heterocycles. The van der Waals surface area contributed by atoms with Crippen LogP contribution in [0.5, 0.6) is 0 Å². The molecule has 0 spiro atoms. The van der Waals surface area contributed by atoms with Crippen LogP contribution in [0.2, 0.25) is 0 Å². The van der Waals surface area contributed by atoms with Crippen molar-refractivity contribution < 1.29 is 23.8 Å². The number of ether oxygens (including phenoxy) is 3. The van der Waals surface area contributed by atoms with Gasteiger partial charge in [-0.15, -0.1) is 0 Å². The molecule has 22 heavy (non-hydrogen) atoms. The van der Waals surface area contributed by atoms with Crippen molar-refractivity contribution >= 4 is 12.0 Å². The molecule has 1 aliphatic heterocycles. The highest BCUT2D eigenvalue weighted by atomic mass is 16.5. The van der Waals surface area contributed by atoms with Crippen LogP contribution in [0.4, 0.5) is 4.79 Å². The molecule has 0 aliphatic carbocycles. The normalized spacial score (nSPS) is 14.8. The van der Waals surface area contributed by atoms with E-state index in [1.165, 1.54) is 0 Å². The minimum atomic E-state index is -0.413. The van der Waals surface area contributed by atoms with Crippen LogP contribution in [0, 0.1) is 0 Å². The van der Waals surface area contributed by atoms with Crippen LogP contribution in [0.15, 0.2) is 11.3 Å². The topological polar surface area (TPSA) is 89.1 Å². The summed E-state index contributed by atoms with van der Waals surface area (Å²) in [5.41, 5.74) is 1.01. The first-order valence-corrected chi connectivity index (χ1v) is 7.26. The number of hydrogen-bond acceptors (Lipinski definition) is 6. The number of carbonyl (C=O) groups excluding carboxylic acids is 2. The van der Waals surface area contributed by atoms with Crippen LogP contribution in [0.3, 0.4) is 0 Å². The molecule has 0 aromatic heterocycles. The number of esters is 1. The Kier molecular flexibility index (Phi) is 8.49. The second-order valence-electron chi connectivity index (χ2n) is 4.75. The Balaban J connectivity index is 2.82. The molecular weight excluding hydrogens is 290 g/mol. The van der Waals surface area contributed by atoms with Crippen LogP contribution in [0.25, 0.3) is 0 Å². The first-order valence-electron chi connectivity index (χ1n) is 7.26. The molecule has 0 fully saturated rings. The summed E-state index contributed by atoms with van der Waals surface area (Å²) in [6.07, 6.45) is 0. The quantitative estimate of drug-likeness (QED) is 0.539. The van der Waals surface area contributed by atoms with Gasteiger partial charge < -0.3 is 24.8 Å². The summed E-state index contributed by atoms with van der Waals surface area (Å²) in [4.78, 5) is 25.6. The standard InChI is InChI=1S/C14H25N3O5/c1-4-22-13(18)11-9-15-14(19)16-12(11)10-17(5-7-20-2)6-8-21-3/h4-10H2,1-3H3,(H2,15,16,19). The lowest BCUT2D eigenvalue weighted by Gasteiger charge is -2.27. The van der Waals surface area contributed by atoms with Crippen LogP contribution >= 0.6 is 0 Å². The summed E-state index contributed by atoms with van der Waals surface area (Å²) < 4.78 is 15.2. The molecule has 0 bridgehead atoms. The van der Waals surface area contributed by atoms with Gasteiger partial charge in [-0.05, 0) is 6.92 Å². The van der Waals surface area contributed by atoms with Gasteiger partial charge >= 0.3 is 12.0 Å². The molecule has 0 atom stereocenters. The van der Waals surface area contributed by atoms with Crippen LogP contribution in [-0.2, 0) is 19.0 Å². The smallest absolute Gasteiger partial charge is 0.337 e. The summed E-state index contributed by atoms with van der Waals surface area (Å²) in [6.45, 7) is 5.08. The van der Waals surface area contributed by atoms with E-state index in [1.54, 1.807) is 21.1 Å². The minimum absolute atomic E-state index is 0.169. The maximum atomic E-state index is 12.0. The van der Waals surface area contributed by atoms with Gasteiger partial charge in [0.05, 0.1) is 31.9 Å². The second kappa shape index (κ2) is 10.1. The zero-order valence-electron chi connectivity index (χ0n) is 13.4. The van der Waals surface area contributed by atoms with Crippen molar-refractivity contribution in [3.8, 4) is 0 Å². The third-order valence-corrected chi connectivity index (χ3v) is 3.18. The van der Waals surface area contributed by atoms with Crippen molar-refractivity contribution in [2.75, 3.05) is 60.2 Å². The third-order valence-electron chi connectivity index (χ3n) is 3.18. The van der Waals surface area contributed by atoms with Gasteiger partial charge in [-0.2, -0.15) is 0 Å². The first kappa shape index (κ1) is 18.4. The molecule has 0 aromatic carbocycles. The highest BCUT2D eigenvalue weighted by Gasteiger charge is 2.24. The van der Waals surface area contributed by atoms with E-state index in [1.807, 2.05) is 4.90 Å². The Hall–Kier alpha value is -1.64. The zero-order chi connectivity index (χ0) is 16.4. The summed E-state index contributed by atoms with van der Waals surface area (Å²) in [5.74, 6) is -0.413. The molecule has 0 radical (unpaired) electrons. The molecule has 8 nitrogen and oxygen atoms in total. The van der Waals surface area contributed by atoms with Gasteiger partial charge in [0.25, 0.3) is 0 Å². The summed E-state index contributed by atoms with van der Waals surface area (Å²) in [5, 5.41) is 5.28. The Morgan fingerprint density at radius 1 is 1.23 bits per heavy atom. The van der Waals surface area contributed by atoms with Gasteiger partial charge in [0, 0.05) is 39.6 Å². The lowest BCUT2D eigenvalue weighted by molar-refractivity contribution is -0.138. The molecule has 0 aromatic rings. The minimum Gasteiger partial charge on any atom is -0.463 e. The Bertz CT molecular complexity index is 403. The van der Waals surface area contributed by atoms with Crippen molar-refractivity contribution in [3.63, 3.8) is 0 Å². The van der Waals surface area contributed by atoms with E-state index in [2.05, 4.69) is 10.6 Å². The second-order valence-corrected chi connectivity index (χ2v) is 4.75. The predicted octanol–water partition coefficient (Wildman–Crippen LogP) is -0.289. The molecule has 0 saturated heterocycles. The van der Waals surface area contributed by atoms with Crippen molar-refractivity contribution in [2.24, 2.45) is 0 Å². The van der Waals surface area contributed by atoms with E-state index in [0.29, 0.717) is 50.7 Å². The van der Waals surface area contributed by atoms with Gasteiger partial charge in [-0.1, -0.05) is 0 Å². The average molecular weight is 315 g/mol. The van der Waals surface area contributed by atoms with Crippen LogP contribution in [0.1, 0.15) is 6.92 Å². The largest absolute Gasteiger partial charge is 0.463 e. The van der Waals surface area contributed by atoms with Gasteiger partial charge in [0.1, 0.15) is 0 Å². The maximum absolute atomic E-state index is 12.0. The van der Waals surface area contributed by atoms with E-state index in [9.17, 15) is 9.59 Å². The third kappa shape index (κ3) is 6.00. The molecule has 1 aliphatic rings. The fourth-order valence-electron chi connectivity index (χ4n) is 2.01. The van der Waals surface area contributed by atoms with Gasteiger partial charge in [0.15, 0.2) is 0 Å². The van der Waals surface area contributed by atoms with Crippen molar-refractivity contribution in [1.29, 1.82) is 0 Å². The average Bonchev–Trinajstić information content (AvgIpc) is 2.50. The molecule has 2 amide bonds. The van der Waals surface area contributed by atoms with Crippen LogP contribution < -0.4 is 10.6 Å². The SMILES string of the molecule is CCOC(=O)C1=C(CN(CCOC)CCOC)NC(=O)NC1. The lowest BCUT2D eigenvalue weighted by atomic mass is 10.1. The maximum Gasteiger partial charge on any atom is 0.337 e.